The summed E-state index contributed by atoms with van der Waals surface area (Å²) in [6.45, 7) is 1.85. The van der Waals surface area contributed by atoms with Gasteiger partial charge in [-0.15, -0.1) is 0 Å². The lowest BCUT2D eigenvalue weighted by Gasteiger charge is -2.11. The van der Waals surface area contributed by atoms with Crippen LogP contribution in [0.1, 0.15) is 23.7 Å². The van der Waals surface area contributed by atoms with Gasteiger partial charge in [0, 0.05) is 12.3 Å². The third kappa shape index (κ3) is 2.40. The van der Waals surface area contributed by atoms with Crippen LogP contribution in [0.15, 0.2) is 30.3 Å². The molecule has 4 heteroatoms. The summed E-state index contributed by atoms with van der Waals surface area (Å²) in [7, 11) is 0. The van der Waals surface area contributed by atoms with Gasteiger partial charge >= 0.3 is 5.97 Å². The van der Waals surface area contributed by atoms with Gasteiger partial charge in [-0.25, -0.2) is 4.79 Å². The second-order valence-corrected chi connectivity index (χ2v) is 3.94. The number of hydrogen-bond donors (Lipinski definition) is 1. The molecule has 0 spiro atoms. The Morgan fingerprint density at radius 3 is 2.69 bits per heavy atom. The average Bonchev–Trinajstić information content (AvgIpc) is 2.59. The number of esters is 1. The molecule has 0 amide bonds. The van der Waals surface area contributed by atoms with Crippen molar-refractivity contribution < 1.29 is 19.4 Å². The fraction of sp³-hybridized carbons (Fsp3) is 0.417. The van der Waals surface area contributed by atoms with E-state index in [2.05, 4.69) is 0 Å². The van der Waals surface area contributed by atoms with Crippen molar-refractivity contribution in [2.24, 2.45) is 5.92 Å². The highest BCUT2D eigenvalue weighted by molar-refractivity contribution is 5.89. The molecular formula is C12H14O4. The number of hydrogen-bond acceptors (Lipinski definition) is 4. The SMILES string of the molecule is C[C@H]1C[C@@H](OC(=O)c2ccccc2)O[C@H]1O. The number of ether oxygens (including phenoxy) is 2. The minimum Gasteiger partial charge on any atom is -0.432 e. The van der Waals surface area contributed by atoms with E-state index in [9.17, 15) is 9.90 Å². The zero-order chi connectivity index (χ0) is 11.5. The number of carbonyl (C=O) groups excluding carboxylic acids is 1. The maximum atomic E-state index is 11.6. The summed E-state index contributed by atoms with van der Waals surface area (Å²) in [6.07, 6.45) is -0.953. The first-order chi connectivity index (χ1) is 7.66. The van der Waals surface area contributed by atoms with E-state index >= 15 is 0 Å². The summed E-state index contributed by atoms with van der Waals surface area (Å²) in [5.41, 5.74) is 0.486. The highest BCUT2D eigenvalue weighted by Crippen LogP contribution is 2.25. The van der Waals surface area contributed by atoms with E-state index in [0.29, 0.717) is 12.0 Å². The van der Waals surface area contributed by atoms with Gasteiger partial charge in [-0.05, 0) is 12.1 Å². The second kappa shape index (κ2) is 4.63. The van der Waals surface area contributed by atoms with Crippen LogP contribution in [-0.2, 0) is 9.47 Å². The number of aliphatic hydroxyl groups excluding tert-OH is 1. The summed E-state index contributed by atoms with van der Waals surface area (Å²) in [5.74, 6) is -0.430. The Hall–Kier alpha value is -1.39. The molecular weight excluding hydrogens is 208 g/mol. The molecule has 0 aliphatic carbocycles. The average molecular weight is 222 g/mol. The monoisotopic (exact) mass is 222 g/mol. The van der Waals surface area contributed by atoms with Gasteiger partial charge in [0.1, 0.15) is 0 Å². The smallest absolute Gasteiger partial charge is 0.340 e. The number of benzene rings is 1. The van der Waals surface area contributed by atoms with Crippen molar-refractivity contribution in [3.63, 3.8) is 0 Å². The van der Waals surface area contributed by atoms with Gasteiger partial charge in [0.25, 0.3) is 0 Å². The Bertz CT molecular complexity index is 353. The molecule has 1 aromatic carbocycles. The molecule has 0 radical (unpaired) electrons. The highest BCUT2D eigenvalue weighted by atomic mass is 16.7. The molecule has 4 nitrogen and oxygen atoms in total. The summed E-state index contributed by atoms with van der Waals surface area (Å²) in [4.78, 5) is 11.6. The summed E-state index contributed by atoms with van der Waals surface area (Å²) in [6, 6.07) is 8.72. The Balaban J connectivity index is 1.94. The van der Waals surface area contributed by atoms with E-state index < -0.39 is 18.5 Å². The molecule has 0 saturated carbocycles. The van der Waals surface area contributed by atoms with Crippen LogP contribution in [0.5, 0.6) is 0 Å². The van der Waals surface area contributed by atoms with Crippen molar-refractivity contribution in [2.45, 2.75) is 25.9 Å². The molecule has 3 atom stereocenters. The van der Waals surface area contributed by atoms with Crippen LogP contribution in [-0.4, -0.2) is 23.7 Å². The largest absolute Gasteiger partial charge is 0.432 e. The van der Waals surface area contributed by atoms with Crippen LogP contribution in [0.3, 0.4) is 0 Å². The molecule has 1 fully saturated rings. The van der Waals surface area contributed by atoms with Crippen LogP contribution in [0.25, 0.3) is 0 Å². The van der Waals surface area contributed by atoms with E-state index in [1.807, 2.05) is 13.0 Å². The van der Waals surface area contributed by atoms with Crippen molar-refractivity contribution in [2.75, 3.05) is 0 Å². The molecule has 1 N–H and O–H groups in total. The zero-order valence-electron chi connectivity index (χ0n) is 9.00. The van der Waals surface area contributed by atoms with E-state index in [4.69, 9.17) is 9.47 Å². The molecule has 1 aliphatic rings. The lowest BCUT2D eigenvalue weighted by atomic mass is 10.1. The maximum absolute atomic E-state index is 11.6. The minimum absolute atomic E-state index is 0.00595. The molecule has 1 aliphatic heterocycles. The quantitative estimate of drug-likeness (QED) is 0.771. The normalized spacial score (nSPS) is 29.0. The van der Waals surface area contributed by atoms with E-state index in [1.165, 1.54) is 0 Å². The van der Waals surface area contributed by atoms with Crippen LogP contribution in [0.4, 0.5) is 0 Å². The molecule has 1 saturated heterocycles. The van der Waals surface area contributed by atoms with Crippen LogP contribution < -0.4 is 0 Å². The number of aliphatic hydroxyl groups is 1. The standard InChI is InChI=1S/C12H14O4/c1-8-7-10(15-11(8)13)16-12(14)9-5-3-2-4-6-9/h2-6,8,10-11,13H,7H2,1H3/t8-,10+,11+/m0/s1. The first kappa shape index (κ1) is 11.1. The Morgan fingerprint density at radius 2 is 2.12 bits per heavy atom. The fourth-order valence-corrected chi connectivity index (χ4v) is 1.60. The Labute approximate surface area is 93.8 Å². The van der Waals surface area contributed by atoms with Crippen molar-refractivity contribution in [1.82, 2.24) is 0 Å². The zero-order valence-corrected chi connectivity index (χ0v) is 9.00. The van der Waals surface area contributed by atoms with Crippen molar-refractivity contribution in [3.05, 3.63) is 35.9 Å². The van der Waals surface area contributed by atoms with Gasteiger partial charge in [0.15, 0.2) is 6.29 Å². The van der Waals surface area contributed by atoms with Gasteiger partial charge in [0.05, 0.1) is 5.56 Å². The summed E-state index contributed by atoms with van der Waals surface area (Å²) < 4.78 is 10.2. The molecule has 1 aromatic rings. The van der Waals surface area contributed by atoms with Crippen LogP contribution >= 0.6 is 0 Å². The van der Waals surface area contributed by atoms with Crippen molar-refractivity contribution in [1.29, 1.82) is 0 Å². The number of rotatable bonds is 2. The molecule has 2 rings (SSSR count). The van der Waals surface area contributed by atoms with Gasteiger partial charge in [-0.2, -0.15) is 0 Å². The fourth-order valence-electron chi connectivity index (χ4n) is 1.60. The predicted molar refractivity (Wildman–Crippen MR) is 56.5 cm³/mol. The van der Waals surface area contributed by atoms with Crippen molar-refractivity contribution in [3.8, 4) is 0 Å². The Morgan fingerprint density at radius 1 is 1.44 bits per heavy atom. The van der Waals surface area contributed by atoms with Crippen LogP contribution in [0, 0.1) is 5.92 Å². The lowest BCUT2D eigenvalue weighted by molar-refractivity contribution is -0.169. The maximum Gasteiger partial charge on any atom is 0.340 e. The molecule has 0 unspecified atom stereocenters. The third-order valence-corrected chi connectivity index (χ3v) is 2.59. The van der Waals surface area contributed by atoms with Gasteiger partial charge in [-0.3, -0.25) is 0 Å². The summed E-state index contributed by atoms with van der Waals surface area (Å²) in [5, 5.41) is 9.34. The third-order valence-electron chi connectivity index (χ3n) is 2.59. The molecule has 1 heterocycles. The molecule has 0 bridgehead atoms. The number of carbonyl (C=O) groups is 1. The molecule has 0 aromatic heterocycles. The van der Waals surface area contributed by atoms with Gasteiger partial charge in [-0.1, -0.05) is 25.1 Å². The Kier molecular flexibility index (Phi) is 3.22. The first-order valence-corrected chi connectivity index (χ1v) is 5.26. The van der Waals surface area contributed by atoms with Gasteiger partial charge in [0.2, 0.25) is 6.29 Å². The van der Waals surface area contributed by atoms with Gasteiger partial charge < -0.3 is 14.6 Å². The van der Waals surface area contributed by atoms with E-state index in [0.717, 1.165) is 0 Å². The molecule has 86 valence electrons. The minimum atomic E-state index is -0.839. The lowest BCUT2D eigenvalue weighted by Crippen LogP contribution is -2.18. The van der Waals surface area contributed by atoms with E-state index in [1.54, 1.807) is 24.3 Å². The highest BCUT2D eigenvalue weighted by Gasteiger charge is 2.33. The van der Waals surface area contributed by atoms with Crippen molar-refractivity contribution >= 4 is 5.97 Å². The topological polar surface area (TPSA) is 55.8 Å². The predicted octanol–water partition coefficient (Wildman–Crippen LogP) is 1.54. The summed E-state index contributed by atoms with van der Waals surface area (Å²) >= 11 is 0. The first-order valence-electron chi connectivity index (χ1n) is 5.26. The van der Waals surface area contributed by atoms with Crippen LogP contribution in [0.2, 0.25) is 0 Å². The van der Waals surface area contributed by atoms with E-state index in [-0.39, 0.29) is 5.92 Å². The molecule has 16 heavy (non-hydrogen) atoms. The second-order valence-electron chi connectivity index (χ2n) is 3.94.